The number of ether oxygens (including phenoxy) is 3. The molecule has 0 unspecified atom stereocenters. The van der Waals surface area contributed by atoms with Crippen LogP contribution < -0.4 is 19.8 Å². The lowest BCUT2D eigenvalue weighted by atomic mass is 10.0. The number of benzene rings is 2. The molecule has 0 amide bonds. The van der Waals surface area contributed by atoms with Gasteiger partial charge >= 0.3 is 5.56 Å². The molecular weight excluding hydrogens is 380 g/mol. The molecule has 1 aromatic heterocycles. The van der Waals surface area contributed by atoms with Gasteiger partial charge in [0, 0.05) is 18.2 Å². The van der Waals surface area contributed by atoms with Gasteiger partial charge in [0.2, 0.25) is 5.75 Å². The second-order valence-electron chi connectivity index (χ2n) is 6.44. The third-order valence-corrected chi connectivity index (χ3v) is 4.51. The van der Waals surface area contributed by atoms with Crippen molar-refractivity contribution in [3.05, 3.63) is 69.6 Å². The minimum atomic E-state index is -0.466. The lowest BCUT2D eigenvalue weighted by Crippen LogP contribution is -2.22. The van der Waals surface area contributed by atoms with Gasteiger partial charge in [0.25, 0.3) is 0 Å². The summed E-state index contributed by atoms with van der Waals surface area (Å²) in [5.41, 5.74) is 1.33. The maximum Gasteiger partial charge on any atom is 0.316 e. The van der Waals surface area contributed by atoms with E-state index >= 15 is 0 Å². The summed E-state index contributed by atoms with van der Waals surface area (Å²) < 4.78 is 17.5. The van der Waals surface area contributed by atoms with E-state index in [-0.39, 0.29) is 10.8 Å². The van der Waals surface area contributed by atoms with E-state index in [1.54, 1.807) is 18.2 Å². The van der Waals surface area contributed by atoms with E-state index < -0.39 is 5.56 Å². The first-order valence-electron chi connectivity index (χ1n) is 8.72. The molecule has 0 radical (unpaired) electrons. The zero-order chi connectivity index (χ0) is 20.3. The Hall–Kier alpha value is -2.99. The van der Waals surface area contributed by atoms with E-state index in [2.05, 4.69) is 18.9 Å². The van der Waals surface area contributed by atoms with Crippen molar-refractivity contribution in [3.8, 4) is 28.7 Å². The van der Waals surface area contributed by atoms with Crippen molar-refractivity contribution < 1.29 is 14.2 Å². The summed E-state index contributed by atoms with van der Waals surface area (Å²) in [5, 5.41) is 4.25. The van der Waals surface area contributed by atoms with E-state index in [1.165, 1.54) is 30.7 Å². The summed E-state index contributed by atoms with van der Waals surface area (Å²) in [6.07, 6.45) is 1.38. The van der Waals surface area contributed by atoms with Crippen molar-refractivity contribution >= 4 is 11.6 Å². The Balaban J connectivity index is 2.01. The van der Waals surface area contributed by atoms with Crippen LogP contribution in [0.4, 0.5) is 0 Å². The van der Waals surface area contributed by atoms with Crippen molar-refractivity contribution in [1.82, 2.24) is 9.78 Å². The summed E-state index contributed by atoms with van der Waals surface area (Å²) in [4.78, 5) is 13.0. The highest BCUT2D eigenvalue weighted by molar-refractivity contribution is 6.31. The summed E-state index contributed by atoms with van der Waals surface area (Å²) in [7, 11) is 3.07. The molecule has 0 bridgehead atoms. The van der Waals surface area contributed by atoms with E-state index in [9.17, 15) is 4.79 Å². The van der Waals surface area contributed by atoms with Gasteiger partial charge in [-0.1, -0.05) is 37.6 Å². The largest absolute Gasteiger partial charge is 0.496 e. The van der Waals surface area contributed by atoms with Gasteiger partial charge in [0.05, 0.1) is 26.1 Å². The fraction of sp³-hybridized carbons (Fsp3) is 0.238. The quantitative estimate of drug-likeness (QED) is 0.593. The Morgan fingerprint density at radius 1 is 0.964 bits per heavy atom. The molecule has 28 heavy (non-hydrogen) atoms. The van der Waals surface area contributed by atoms with Gasteiger partial charge in [-0.05, 0) is 23.6 Å². The Morgan fingerprint density at radius 2 is 1.54 bits per heavy atom. The Bertz CT molecular complexity index is 1010. The standard InChI is InChI=1S/C21H21ClN2O4/c1-13(2)14-5-7-15(8-6-14)24-21(25)20(19(22)12-23-24)28-18-10-16(26-3)9-17(11-18)27-4/h5-13H,1-4H3. The first kappa shape index (κ1) is 19.8. The Kier molecular flexibility index (Phi) is 5.90. The van der Waals surface area contributed by atoms with E-state index in [4.69, 9.17) is 25.8 Å². The lowest BCUT2D eigenvalue weighted by Gasteiger charge is -2.12. The van der Waals surface area contributed by atoms with Crippen LogP contribution in [0.1, 0.15) is 25.3 Å². The highest BCUT2D eigenvalue weighted by Gasteiger charge is 2.15. The SMILES string of the molecule is COc1cc(OC)cc(Oc2c(Cl)cnn(-c3ccc(C(C)C)cc3)c2=O)c1. The molecule has 6 nitrogen and oxygen atoms in total. The number of hydrogen-bond donors (Lipinski definition) is 0. The normalized spacial score (nSPS) is 10.8. The molecule has 0 aliphatic heterocycles. The number of methoxy groups -OCH3 is 2. The second-order valence-corrected chi connectivity index (χ2v) is 6.84. The minimum Gasteiger partial charge on any atom is -0.496 e. The van der Waals surface area contributed by atoms with Crippen LogP contribution in [0.3, 0.4) is 0 Å². The van der Waals surface area contributed by atoms with Crippen LogP contribution in [-0.2, 0) is 0 Å². The molecule has 146 valence electrons. The molecule has 7 heteroatoms. The van der Waals surface area contributed by atoms with Gasteiger partial charge in [-0.25, -0.2) is 0 Å². The number of rotatable bonds is 6. The lowest BCUT2D eigenvalue weighted by molar-refractivity contribution is 0.385. The monoisotopic (exact) mass is 400 g/mol. The van der Waals surface area contributed by atoms with Crippen LogP contribution in [0.5, 0.6) is 23.0 Å². The number of nitrogens with zero attached hydrogens (tertiary/aromatic N) is 2. The molecule has 0 aliphatic carbocycles. The maximum atomic E-state index is 13.0. The molecule has 0 aliphatic rings. The van der Waals surface area contributed by atoms with E-state index in [1.807, 2.05) is 24.3 Å². The van der Waals surface area contributed by atoms with Crippen LogP contribution in [0.25, 0.3) is 5.69 Å². The third-order valence-electron chi connectivity index (χ3n) is 4.24. The van der Waals surface area contributed by atoms with Crippen molar-refractivity contribution in [3.63, 3.8) is 0 Å². The minimum absolute atomic E-state index is 0.0279. The molecule has 1 heterocycles. The molecule has 0 fully saturated rings. The van der Waals surface area contributed by atoms with Gasteiger partial charge in [0.1, 0.15) is 22.3 Å². The average molecular weight is 401 g/mol. The molecule has 0 atom stereocenters. The highest BCUT2D eigenvalue weighted by atomic mass is 35.5. The van der Waals surface area contributed by atoms with Crippen LogP contribution in [0, 0.1) is 0 Å². The average Bonchev–Trinajstić information content (AvgIpc) is 2.71. The van der Waals surface area contributed by atoms with Gasteiger partial charge in [-0.3, -0.25) is 4.79 Å². The van der Waals surface area contributed by atoms with Gasteiger partial charge < -0.3 is 14.2 Å². The predicted molar refractivity (Wildman–Crippen MR) is 109 cm³/mol. The molecule has 3 aromatic rings. The van der Waals surface area contributed by atoms with Gasteiger partial charge in [-0.15, -0.1) is 0 Å². The second kappa shape index (κ2) is 8.35. The van der Waals surface area contributed by atoms with Crippen molar-refractivity contribution in [2.45, 2.75) is 19.8 Å². The predicted octanol–water partition coefficient (Wildman–Crippen LogP) is 4.82. The van der Waals surface area contributed by atoms with Crippen LogP contribution >= 0.6 is 11.6 Å². The zero-order valence-electron chi connectivity index (χ0n) is 16.1. The smallest absolute Gasteiger partial charge is 0.316 e. The van der Waals surface area contributed by atoms with Crippen molar-refractivity contribution in [2.24, 2.45) is 0 Å². The van der Waals surface area contributed by atoms with E-state index in [0.717, 1.165) is 0 Å². The zero-order valence-corrected chi connectivity index (χ0v) is 16.9. The topological polar surface area (TPSA) is 62.6 Å². The van der Waals surface area contributed by atoms with Crippen molar-refractivity contribution in [2.75, 3.05) is 14.2 Å². The molecule has 2 aromatic carbocycles. The van der Waals surface area contributed by atoms with E-state index in [0.29, 0.717) is 28.9 Å². The third kappa shape index (κ3) is 4.12. The molecule has 0 saturated carbocycles. The number of hydrogen-bond acceptors (Lipinski definition) is 5. The maximum absolute atomic E-state index is 13.0. The summed E-state index contributed by atoms with van der Waals surface area (Å²) >= 11 is 6.19. The Labute approximate surface area is 168 Å². The molecule has 0 spiro atoms. The molecule has 0 saturated heterocycles. The fourth-order valence-electron chi connectivity index (χ4n) is 2.65. The fourth-order valence-corrected chi connectivity index (χ4v) is 2.82. The number of halogens is 1. The Morgan fingerprint density at radius 3 is 2.07 bits per heavy atom. The van der Waals surface area contributed by atoms with Crippen molar-refractivity contribution in [1.29, 1.82) is 0 Å². The summed E-state index contributed by atoms with van der Waals surface area (Å²) in [5.74, 6) is 1.79. The summed E-state index contributed by atoms with van der Waals surface area (Å²) in [6, 6.07) is 12.6. The molecule has 0 N–H and O–H groups in total. The van der Waals surface area contributed by atoms with Gasteiger partial charge in [-0.2, -0.15) is 9.78 Å². The highest BCUT2D eigenvalue weighted by Crippen LogP contribution is 2.32. The molecule has 3 rings (SSSR count). The first-order chi connectivity index (χ1) is 13.4. The summed E-state index contributed by atoms with van der Waals surface area (Å²) in [6.45, 7) is 4.21. The first-order valence-corrected chi connectivity index (χ1v) is 9.09. The van der Waals surface area contributed by atoms with Gasteiger partial charge in [0.15, 0.2) is 0 Å². The molecular formula is C21H21ClN2O4. The number of aromatic nitrogens is 2. The van der Waals surface area contributed by atoms with Crippen LogP contribution in [0.2, 0.25) is 5.02 Å². The van der Waals surface area contributed by atoms with Crippen LogP contribution in [0.15, 0.2) is 53.5 Å². The van der Waals surface area contributed by atoms with Crippen LogP contribution in [-0.4, -0.2) is 24.0 Å².